The SMILES string of the molecule is CCNC(=O)[C@H](C)Sc1nnc(-c2ccc(Cl)cc2)n1Cc1ccccc1. The molecule has 2 aromatic carbocycles. The summed E-state index contributed by atoms with van der Waals surface area (Å²) in [4.78, 5) is 12.1. The van der Waals surface area contributed by atoms with E-state index < -0.39 is 0 Å². The van der Waals surface area contributed by atoms with E-state index in [1.807, 2.05) is 60.9 Å². The van der Waals surface area contributed by atoms with E-state index in [0.717, 1.165) is 17.0 Å². The van der Waals surface area contributed by atoms with Crippen molar-refractivity contribution in [2.75, 3.05) is 6.54 Å². The Morgan fingerprint density at radius 3 is 2.52 bits per heavy atom. The summed E-state index contributed by atoms with van der Waals surface area (Å²) in [5.74, 6) is 0.742. The summed E-state index contributed by atoms with van der Waals surface area (Å²) < 4.78 is 2.04. The van der Waals surface area contributed by atoms with Crippen LogP contribution in [0.1, 0.15) is 19.4 Å². The molecule has 0 saturated heterocycles. The second-order valence-electron chi connectivity index (χ2n) is 6.04. The molecule has 0 radical (unpaired) electrons. The molecule has 0 unspecified atom stereocenters. The molecular weight excluding hydrogens is 380 g/mol. The molecule has 1 atom stereocenters. The van der Waals surface area contributed by atoms with Crippen LogP contribution in [-0.2, 0) is 11.3 Å². The Morgan fingerprint density at radius 1 is 1.15 bits per heavy atom. The highest BCUT2D eigenvalue weighted by Gasteiger charge is 2.20. The molecular formula is C20H21ClN4OS. The largest absolute Gasteiger partial charge is 0.355 e. The molecule has 1 N–H and O–H groups in total. The van der Waals surface area contributed by atoms with Crippen LogP contribution < -0.4 is 5.32 Å². The predicted octanol–water partition coefficient (Wildman–Crippen LogP) is 4.26. The molecule has 3 aromatic rings. The van der Waals surface area contributed by atoms with E-state index >= 15 is 0 Å². The van der Waals surface area contributed by atoms with Crippen molar-refractivity contribution in [1.29, 1.82) is 0 Å². The lowest BCUT2D eigenvalue weighted by Gasteiger charge is -2.13. The minimum Gasteiger partial charge on any atom is -0.355 e. The van der Waals surface area contributed by atoms with Gasteiger partial charge >= 0.3 is 0 Å². The number of rotatable bonds is 7. The summed E-state index contributed by atoms with van der Waals surface area (Å²) in [5.41, 5.74) is 2.07. The molecule has 0 saturated carbocycles. The first-order valence-electron chi connectivity index (χ1n) is 8.76. The highest BCUT2D eigenvalue weighted by molar-refractivity contribution is 8.00. The zero-order valence-electron chi connectivity index (χ0n) is 15.2. The smallest absolute Gasteiger partial charge is 0.233 e. The fourth-order valence-corrected chi connectivity index (χ4v) is 3.63. The number of aromatic nitrogens is 3. The zero-order chi connectivity index (χ0) is 19.2. The molecule has 0 aliphatic heterocycles. The maximum Gasteiger partial charge on any atom is 0.233 e. The average molecular weight is 401 g/mol. The number of hydrogen-bond acceptors (Lipinski definition) is 4. The zero-order valence-corrected chi connectivity index (χ0v) is 16.8. The summed E-state index contributed by atoms with van der Waals surface area (Å²) in [5, 5.41) is 12.7. The van der Waals surface area contributed by atoms with Crippen molar-refractivity contribution in [1.82, 2.24) is 20.1 Å². The van der Waals surface area contributed by atoms with E-state index in [-0.39, 0.29) is 11.2 Å². The van der Waals surface area contributed by atoms with Crippen LogP contribution in [0.4, 0.5) is 0 Å². The van der Waals surface area contributed by atoms with Crippen LogP contribution in [0.3, 0.4) is 0 Å². The van der Waals surface area contributed by atoms with Crippen molar-refractivity contribution in [2.45, 2.75) is 30.8 Å². The minimum atomic E-state index is -0.262. The first-order chi connectivity index (χ1) is 13.1. The van der Waals surface area contributed by atoms with E-state index in [4.69, 9.17) is 11.6 Å². The van der Waals surface area contributed by atoms with E-state index in [9.17, 15) is 4.79 Å². The Labute approximate surface area is 168 Å². The normalized spacial score (nSPS) is 12.0. The molecule has 1 heterocycles. The van der Waals surface area contributed by atoms with E-state index in [1.165, 1.54) is 11.8 Å². The summed E-state index contributed by atoms with van der Waals surface area (Å²) in [6, 6.07) is 17.6. The van der Waals surface area contributed by atoms with Crippen molar-refractivity contribution >= 4 is 29.3 Å². The Bertz CT molecular complexity index is 896. The Morgan fingerprint density at radius 2 is 1.85 bits per heavy atom. The van der Waals surface area contributed by atoms with E-state index in [2.05, 4.69) is 27.6 Å². The highest BCUT2D eigenvalue weighted by atomic mass is 35.5. The van der Waals surface area contributed by atoms with Crippen LogP contribution in [0.15, 0.2) is 59.8 Å². The number of nitrogens with zero attached hydrogens (tertiary/aromatic N) is 3. The number of carbonyl (C=O) groups excluding carboxylic acids is 1. The second-order valence-corrected chi connectivity index (χ2v) is 7.78. The van der Waals surface area contributed by atoms with Crippen molar-refractivity contribution in [3.8, 4) is 11.4 Å². The van der Waals surface area contributed by atoms with Gasteiger partial charge in [-0.2, -0.15) is 0 Å². The first kappa shape index (κ1) is 19.5. The molecule has 0 aliphatic carbocycles. The third-order valence-corrected chi connectivity index (χ3v) is 5.34. The van der Waals surface area contributed by atoms with Gasteiger partial charge in [-0.25, -0.2) is 0 Å². The van der Waals surface area contributed by atoms with Gasteiger partial charge in [-0.3, -0.25) is 9.36 Å². The molecule has 5 nitrogen and oxygen atoms in total. The molecule has 3 rings (SSSR count). The van der Waals surface area contributed by atoms with Gasteiger partial charge in [-0.15, -0.1) is 10.2 Å². The van der Waals surface area contributed by atoms with Gasteiger partial charge in [-0.1, -0.05) is 53.7 Å². The molecule has 0 bridgehead atoms. The second kappa shape index (κ2) is 9.06. The quantitative estimate of drug-likeness (QED) is 0.602. The van der Waals surface area contributed by atoms with Crippen molar-refractivity contribution < 1.29 is 4.79 Å². The standard InChI is InChI=1S/C20H21ClN4OS/c1-3-22-19(26)14(2)27-20-24-23-18(16-9-11-17(21)12-10-16)25(20)13-15-7-5-4-6-8-15/h4-12,14H,3,13H2,1-2H3,(H,22,26)/t14-/m0/s1. The van der Waals surface area contributed by atoms with Crippen LogP contribution in [0.5, 0.6) is 0 Å². The molecule has 1 aromatic heterocycles. The van der Waals surface area contributed by atoms with Crippen molar-refractivity contribution in [2.24, 2.45) is 0 Å². The van der Waals surface area contributed by atoms with Gasteiger partial charge in [-0.05, 0) is 43.7 Å². The molecule has 0 aliphatic rings. The van der Waals surface area contributed by atoms with Gasteiger partial charge in [0, 0.05) is 17.1 Å². The summed E-state index contributed by atoms with van der Waals surface area (Å²) in [7, 11) is 0. The van der Waals surface area contributed by atoms with Crippen molar-refractivity contribution in [3.63, 3.8) is 0 Å². The Balaban J connectivity index is 1.95. The number of thioether (sulfide) groups is 1. The lowest BCUT2D eigenvalue weighted by Crippen LogP contribution is -2.30. The molecule has 27 heavy (non-hydrogen) atoms. The van der Waals surface area contributed by atoms with Gasteiger partial charge in [0.05, 0.1) is 11.8 Å². The van der Waals surface area contributed by atoms with Crippen LogP contribution in [0.2, 0.25) is 5.02 Å². The van der Waals surface area contributed by atoms with Crippen molar-refractivity contribution in [3.05, 3.63) is 65.2 Å². The summed E-state index contributed by atoms with van der Waals surface area (Å²) >= 11 is 7.42. The van der Waals surface area contributed by atoms with Gasteiger partial charge < -0.3 is 5.32 Å². The maximum absolute atomic E-state index is 12.1. The fourth-order valence-electron chi connectivity index (χ4n) is 2.63. The monoisotopic (exact) mass is 400 g/mol. The number of nitrogens with one attached hydrogen (secondary N) is 1. The van der Waals surface area contributed by atoms with E-state index in [1.54, 1.807) is 0 Å². The minimum absolute atomic E-state index is 0.00944. The number of hydrogen-bond donors (Lipinski definition) is 1. The fraction of sp³-hybridized carbons (Fsp3) is 0.250. The molecule has 1 amide bonds. The molecule has 0 fully saturated rings. The lowest BCUT2D eigenvalue weighted by atomic mass is 10.2. The number of benzene rings is 2. The predicted molar refractivity (Wildman–Crippen MR) is 110 cm³/mol. The highest BCUT2D eigenvalue weighted by Crippen LogP contribution is 2.28. The summed E-state index contributed by atoms with van der Waals surface area (Å²) in [6.45, 7) is 5.01. The number of halogens is 1. The van der Waals surface area contributed by atoms with Crippen LogP contribution >= 0.6 is 23.4 Å². The van der Waals surface area contributed by atoms with Gasteiger partial charge in [0.15, 0.2) is 11.0 Å². The number of amides is 1. The average Bonchev–Trinajstić information content (AvgIpc) is 3.05. The Hall–Kier alpha value is -2.31. The van der Waals surface area contributed by atoms with Gasteiger partial charge in [0.1, 0.15) is 0 Å². The van der Waals surface area contributed by atoms with Crippen LogP contribution in [-0.4, -0.2) is 32.5 Å². The van der Waals surface area contributed by atoms with Gasteiger partial charge in [0.2, 0.25) is 5.91 Å². The maximum atomic E-state index is 12.1. The van der Waals surface area contributed by atoms with Crippen LogP contribution in [0.25, 0.3) is 11.4 Å². The lowest BCUT2D eigenvalue weighted by molar-refractivity contribution is -0.120. The number of carbonyl (C=O) groups is 1. The molecule has 7 heteroatoms. The van der Waals surface area contributed by atoms with Crippen LogP contribution in [0, 0.1) is 0 Å². The third kappa shape index (κ3) is 4.90. The van der Waals surface area contributed by atoms with Gasteiger partial charge in [0.25, 0.3) is 0 Å². The first-order valence-corrected chi connectivity index (χ1v) is 10.0. The Kier molecular flexibility index (Phi) is 6.53. The molecule has 140 valence electrons. The topological polar surface area (TPSA) is 59.8 Å². The summed E-state index contributed by atoms with van der Waals surface area (Å²) in [6.07, 6.45) is 0. The van der Waals surface area contributed by atoms with E-state index in [0.29, 0.717) is 23.3 Å². The molecule has 0 spiro atoms. The third-order valence-electron chi connectivity index (χ3n) is 4.01.